The Labute approximate surface area is 89.0 Å². The molecule has 1 heterocycles. The standard InChI is InChI=1S/C12H14O3/c1-14-11-2-3-12-10(7-11)6-9(8-13)4-5-15-12/h2-3,7-9H,4-6H2,1H3. The highest BCUT2D eigenvalue weighted by molar-refractivity contribution is 5.56. The van der Waals surface area contributed by atoms with Crippen LogP contribution in [-0.2, 0) is 11.2 Å². The van der Waals surface area contributed by atoms with Crippen molar-refractivity contribution in [2.75, 3.05) is 13.7 Å². The molecule has 1 aliphatic rings. The summed E-state index contributed by atoms with van der Waals surface area (Å²) in [6.45, 7) is 0.614. The molecular formula is C12H14O3. The third-order valence-electron chi connectivity index (χ3n) is 2.69. The minimum atomic E-state index is 0.0679. The minimum Gasteiger partial charge on any atom is -0.497 e. The average Bonchev–Trinajstić information content (AvgIpc) is 2.49. The number of ether oxygens (including phenoxy) is 2. The molecule has 0 N–H and O–H groups in total. The highest BCUT2D eigenvalue weighted by atomic mass is 16.5. The van der Waals surface area contributed by atoms with Gasteiger partial charge in [-0.1, -0.05) is 0 Å². The maximum absolute atomic E-state index is 10.8. The Balaban J connectivity index is 2.31. The van der Waals surface area contributed by atoms with Crippen LogP contribution in [0.2, 0.25) is 0 Å². The third-order valence-corrected chi connectivity index (χ3v) is 2.69. The molecule has 1 aliphatic heterocycles. The summed E-state index contributed by atoms with van der Waals surface area (Å²) >= 11 is 0. The van der Waals surface area contributed by atoms with Gasteiger partial charge in [-0.05, 0) is 36.6 Å². The van der Waals surface area contributed by atoms with Gasteiger partial charge in [-0.3, -0.25) is 0 Å². The van der Waals surface area contributed by atoms with Crippen molar-refractivity contribution in [1.82, 2.24) is 0 Å². The van der Waals surface area contributed by atoms with Crippen molar-refractivity contribution in [1.29, 1.82) is 0 Å². The number of methoxy groups -OCH3 is 1. The molecule has 1 atom stereocenters. The number of rotatable bonds is 2. The molecular weight excluding hydrogens is 192 g/mol. The van der Waals surface area contributed by atoms with Gasteiger partial charge in [0.05, 0.1) is 13.7 Å². The van der Waals surface area contributed by atoms with Crippen molar-refractivity contribution in [3.63, 3.8) is 0 Å². The maximum atomic E-state index is 10.8. The van der Waals surface area contributed by atoms with E-state index in [-0.39, 0.29) is 5.92 Å². The first kappa shape index (κ1) is 10.0. The third kappa shape index (κ3) is 2.12. The van der Waals surface area contributed by atoms with E-state index in [1.54, 1.807) is 7.11 Å². The molecule has 0 bridgehead atoms. The second-order valence-electron chi connectivity index (χ2n) is 3.71. The number of hydrogen-bond donors (Lipinski definition) is 0. The molecule has 2 rings (SSSR count). The SMILES string of the molecule is COc1ccc2c(c1)CC(C=O)CCO2. The van der Waals surface area contributed by atoms with Gasteiger partial charge in [0.1, 0.15) is 17.8 Å². The highest BCUT2D eigenvalue weighted by Crippen LogP contribution is 2.29. The lowest BCUT2D eigenvalue weighted by molar-refractivity contribution is -0.111. The molecule has 0 radical (unpaired) electrons. The van der Waals surface area contributed by atoms with Gasteiger partial charge in [0.15, 0.2) is 0 Å². The second kappa shape index (κ2) is 4.34. The van der Waals surface area contributed by atoms with Crippen molar-refractivity contribution >= 4 is 6.29 Å². The van der Waals surface area contributed by atoms with Crippen molar-refractivity contribution in [3.05, 3.63) is 23.8 Å². The number of carbonyl (C=O) groups is 1. The summed E-state index contributed by atoms with van der Waals surface area (Å²) in [5.74, 6) is 1.75. The molecule has 0 fully saturated rings. The molecule has 1 unspecified atom stereocenters. The van der Waals surface area contributed by atoms with Crippen LogP contribution in [0, 0.1) is 5.92 Å². The Morgan fingerprint density at radius 1 is 1.53 bits per heavy atom. The van der Waals surface area contributed by atoms with E-state index in [1.165, 1.54) is 0 Å². The molecule has 0 amide bonds. The van der Waals surface area contributed by atoms with Crippen LogP contribution in [0.4, 0.5) is 0 Å². The summed E-state index contributed by atoms with van der Waals surface area (Å²) in [6, 6.07) is 5.72. The monoisotopic (exact) mass is 206 g/mol. The Kier molecular flexibility index (Phi) is 2.90. The Bertz CT molecular complexity index is 360. The van der Waals surface area contributed by atoms with Crippen LogP contribution in [-0.4, -0.2) is 20.0 Å². The molecule has 15 heavy (non-hydrogen) atoms. The largest absolute Gasteiger partial charge is 0.497 e. The van der Waals surface area contributed by atoms with Gasteiger partial charge in [-0.15, -0.1) is 0 Å². The quantitative estimate of drug-likeness (QED) is 0.692. The zero-order chi connectivity index (χ0) is 10.7. The molecule has 1 aromatic rings. The second-order valence-corrected chi connectivity index (χ2v) is 3.71. The fourth-order valence-corrected chi connectivity index (χ4v) is 1.80. The number of hydrogen-bond acceptors (Lipinski definition) is 3. The topological polar surface area (TPSA) is 35.5 Å². The molecule has 0 spiro atoms. The van der Waals surface area contributed by atoms with E-state index >= 15 is 0 Å². The van der Waals surface area contributed by atoms with Crippen molar-refractivity contribution in [3.8, 4) is 11.5 Å². The van der Waals surface area contributed by atoms with Crippen LogP contribution < -0.4 is 9.47 Å². The first-order valence-corrected chi connectivity index (χ1v) is 5.08. The first-order chi connectivity index (χ1) is 7.33. The lowest BCUT2D eigenvalue weighted by Crippen LogP contribution is -2.06. The summed E-state index contributed by atoms with van der Waals surface area (Å²) < 4.78 is 10.7. The van der Waals surface area contributed by atoms with E-state index in [9.17, 15) is 4.79 Å². The van der Waals surface area contributed by atoms with Crippen LogP contribution in [0.5, 0.6) is 11.5 Å². The van der Waals surface area contributed by atoms with Crippen LogP contribution in [0.15, 0.2) is 18.2 Å². The summed E-state index contributed by atoms with van der Waals surface area (Å²) in [7, 11) is 1.64. The Morgan fingerprint density at radius 2 is 2.40 bits per heavy atom. The van der Waals surface area contributed by atoms with E-state index in [0.717, 1.165) is 36.2 Å². The zero-order valence-electron chi connectivity index (χ0n) is 8.73. The molecule has 0 aromatic heterocycles. The van der Waals surface area contributed by atoms with Crippen molar-refractivity contribution < 1.29 is 14.3 Å². The van der Waals surface area contributed by atoms with Crippen LogP contribution in [0.3, 0.4) is 0 Å². The van der Waals surface area contributed by atoms with Gasteiger partial charge in [0, 0.05) is 5.92 Å². The molecule has 3 nitrogen and oxygen atoms in total. The van der Waals surface area contributed by atoms with Gasteiger partial charge in [0.2, 0.25) is 0 Å². The minimum absolute atomic E-state index is 0.0679. The molecule has 80 valence electrons. The number of carbonyl (C=O) groups excluding carboxylic acids is 1. The van der Waals surface area contributed by atoms with Crippen LogP contribution >= 0.6 is 0 Å². The van der Waals surface area contributed by atoms with E-state index in [0.29, 0.717) is 6.61 Å². The van der Waals surface area contributed by atoms with Gasteiger partial charge in [-0.25, -0.2) is 0 Å². The van der Waals surface area contributed by atoms with E-state index in [2.05, 4.69) is 0 Å². The Hall–Kier alpha value is -1.51. The summed E-state index contributed by atoms with van der Waals surface area (Å²) in [4.78, 5) is 10.8. The van der Waals surface area contributed by atoms with Crippen molar-refractivity contribution in [2.24, 2.45) is 5.92 Å². The average molecular weight is 206 g/mol. The molecule has 0 saturated heterocycles. The highest BCUT2D eigenvalue weighted by Gasteiger charge is 2.17. The number of benzene rings is 1. The zero-order valence-corrected chi connectivity index (χ0v) is 8.73. The van der Waals surface area contributed by atoms with Gasteiger partial charge in [-0.2, -0.15) is 0 Å². The fourth-order valence-electron chi connectivity index (χ4n) is 1.80. The smallest absolute Gasteiger partial charge is 0.123 e. The predicted octanol–water partition coefficient (Wildman–Crippen LogP) is 1.84. The molecule has 3 heteroatoms. The van der Waals surface area contributed by atoms with E-state index < -0.39 is 0 Å². The fraction of sp³-hybridized carbons (Fsp3) is 0.417. The number of fused-ring (bicyclic) bond motifs is 1. The molecule has 0 aliphatic carbocycles. The van der Waals surface area contributed by atoms with Crippen LogP contribution in [0.1, 0.15) is 12.0 Å². The number of aldehydes is 1. The van der Waals surface area contributed by atoms with E-state index in [1.807, 2.05) is 18.2 Å². The van der Waals surface area contributed by atoms with Gasteiger partial charge in [0.25, 0.3) is 0 Å². The van der Waals surface area contributed by atoms with Crippen molar-refractivity contribution in [2.45, 2.75) is 12.8 Å². The molecule has 1 aromatic carbocycles. The van der Waals surface area contributed by atoms with Gasteiger partial charge < -0.3 is 14.3 Å². The molecule has 0 saturated carbocycles. The Morgan fingerprint density at radius 3 is 3.13 bits per heavy atom. The first-order valence-electron chi connectivity index (χ1n) is 5.08. The lowest BCUT2D eigenvalue weighted by atomic mass is 9.98. The van der Waals surface area contributed by atoms with E-state index in [4.69, 9.17) is 9.47 Å². The van der Waals surface area contributed by atoms with Crippen LogP contribution in [0.25, 0.3) is 0 Å². The normalized spacial score (nSPS) is 19.7. The summed E-state index contributed by atoms with van der Waals surface area (Å²) in [5.41, 5.74) is 1.06. The summed E-state index contributed by atoms with van der Waals surface area (Å²) in [6.07, 6.45) is 2.55. The summed E-state index contributed by atoms with van der Waals surface area (Å²) in [5, 5.41) is 0. The lowest BCUT2D eigenvalue weighted by Gasteiger charge is -2.08. The van der Waals surface area contributed by atoms with Gasteiger partial charge >= 0.3 is 0 Å². The maximum Gasteiger partial charge on any atom is 0.123 e. The predicted molar refractivity (Wildman–Crippen MR) is 56.4 cm³/mol.